The van der Waals surface area contributed by atoms with Crippen LogP contribution in [0.4, 0.5) is 0 Å². The predicted molar refractivity (Wildman–Crippen MR) is 89.7 cm³/mol. The molecular weight excluding hydrogens is 337 g/mol. The number of nitrogens with zero attached hydrogens (tertiary/aromatic N) is 1. The van der Waals surface area contributed by atoms with Gasteiger partial charge in [0.15, 0.2) is 0 Å². The van der Waals surface area contributed by atoms with Crippen LogP contribution in [0.25, 0.3) is 0 Å². The first kappa shape index (κ1) is 16.1. The Morgan fingerprint density at radius 2 is 2.00 bits per heavy atom. The number of carboxylic acids is 1. The van der Waals surface area contributed by atoms with Crippen molar-refractivity contribution in [1.29, 1.82) is 0 Å². The van der Waals surface area contributed by atoms with E-state index in [-0.39, 0.29) is 17.2 Å². The van der Waals surface area contributed by atoms with Gasteiger partial charge in [0.2, 0.25) is 0 Å². The zero-order valence-corrected chi connectivity index (χ0v) is 13.9. The number of halogens is 2. The summed E-state index contributed by atoms with van der Waals surface area (Å²) in [5.74, 6) is -1.45. The van der Waals surface area contributed by atoms with Gasteiger partial charge in [-0.2, -0.15) is 0 Å². The van der Waals surface area contributed by atoms with Crippen molar-refractivity contribution in [2.24, 2.45) is 0 Å². The van der Waals surface area contributed by atoms with Crippen LogP contribution in [-0.2, 0) is 6.54 Å². The zero-order valence-electron chi connectivity index (χ0n) is 12.4. The van der Waals surface area contributed by atoms with E-state index in [1.807, 2.05) is 13.1 Å². The first-order chi connectivity index (χ1) is 10.9. The Kier molecular flexibility index (Phi) is 4.23. The summed E-state index contributed by atoms with van der Waals surface area (Å²) in [7, 11) is 1.99. The van der Waals surface area contributed by atoms with Crippen LogP contribution in [0.5, 0.6) is 5.75 Å². The van der Waals surface area contributed by atoms with Crippen LogP contribution in [0, 0.1) is 0 Å². The third-order valence-electron chi connectivity index (χ3n) is 4.15. The Balaban J connectivity index is 2.15. The van der Waals surface area contributed by atoms with Crippen LogP contribution in [-0.4, -0.2) is 34.7 Å². The maximum absolute atomic E-state index is 11.3. The van der Waals surface area contributed by atoms with Gasteiger partial charge < -0.3 is 15.1 Å². The highest BCUT2D eigenvalue weighted by atomic mass is 35.5. The number of carboxylic acid groups (broad SMARTS) is 1. The van der Waals surface area contributed by atoms with E-state index in [1.165, 1.54) is 12.1 Å². The molecule has 1 atom stereocenters. The summed E-state index contributed by atoms with van der Waals surface area (Å²) in [6, 6.07) is 8.27. The van der Waals surface area contributed by atoms with Crippen molar-refractivity contribution >= 4 is 29.2 Å². The molecule has 0 aromatic heterocycles. The van der Waals surface area contributed by atoms with Crippen molar-refractivity contribution in [1.82, 2.24) is 4.90 Å². The molecular formula is C17H15Cl2NO3. The molecule has 0 aliphatic carbocycles. The number of hydrogen-bond donors (Lipinski definition) is 2. The number of fused-ring (bicyclic) bond motifs is 1. The highest BCUT2D eigenvalue weighted by molar-refractivity contribution is 6.35. The van der Waals surface area contributed by atoms with Crippen LogP contribution >= 0.6 is 23.2 Å². The van der Waals surface area contributed by atoms with Crippen LogP contribution in [0.1, 0.15) is 33.0 Å². The van der Waals surface area contributed by atoms with Gasteiger partial charge in [-0.15, -0.1) is 0 Å². The summed E-state index contributed by atoms with van der Waals surface area (Å²) >= 11 is 12.5. The highest BCUT2D eigenvalue weighted by Crippen LogP contribution is 2.39. The average Bonchev–Trinajstić information content (AvgIpc) is 2.48. The van der Waals surface area contributed by atoms with E-state index >= 15 is 0 Å². The molecule has 1 unspecified atom stereocenters. The lowest BCUT2D eigenvalue weighted by atomic mass is 9.84. The van der Waals surface area contributed by atoms with Gasteiger partial charge >= 0.3 is 5.97 Å². The largest absolute Gasteiger partial charge is 0.507 e. The Hall–Kier alpha value is -1.75. The number of phenols is 1. The zero-order chi connectivity index (χ0) is 16.7. The van der Waals surface area contributed by atoms with E-state index in [0.29, 0.717) is 23.1 Å². The molecule has 2 aromatic carbocycles. The smallest absolute Gasteiger partial charge is 0.339 e. The Labute approximate surface area is 143 Å². The molecule has 2 N–H and O–H groups in total. The van der Waals surface area contributed by atoms with Crippen molar-refractivity contribution in [2.45, 2.75) is 12.5 Å². The molecule has 0 fully saturated rings. The quantitative estimate of drug-likeness (QED) is 0.859. The van der Waals surface area contributed by atoms with E-state index < -0.39 is 5.97 Å². The van der Waals surface area contributed by atoms with E-state index in [4.69, 9.17) is 23.2 Å². The molecule has 0 radical (unpaired) electrons. The van der Waals surface area contributed by atoms with Gasteiger partial charge in [0.05, 0.1) is 0 Å². The summed E-state index contributed by atoms with van der Waals surface area (Å²) in [6.07, 6.45) is 0. The molecule has 4 nitrogen and oxygen atoms in total. The Bertz CT molecular complexity index is 792. The van der Waals surface area contributed by atoms with Gasteiger partial charge in [-0.05, 0) is 48.0 Å². The molecule has 2 aromatic rings. The van der Waals surface area contributed by atoms with E-state index in [9.17, 15) is 15.0 Å². The van der Waals surface area contributed by atoms with Gasteiger partial charge in [-0.1, -0.05) is 29.3 Å². The average molecular weight is 352 g/mol. The second-order valence-corrected chi connectivity index (χ2v) is 6.63. The number of aromatic carboxylic acids is 1. The fourth-order valence-corrected chi connectivity index (χ4v) is 3.64. The topological polar surface area (TPSA) is 60.8 Å². The molecule has 1 aliphatic heterocycles. The van der Waals surface area contributed by atoms with E-state index in [2.05, 4.69) is 4.90 Å². The number of carbonyl (C=O) groups is 1. The van der Waals surface area contributed by atoms with Crippen molar-refractivity contribution < 1.29 is 15.0 Å². The molecule has 0 saturated heterocycles. The minimum Gasteiger partial charge on any atom is -0.507 e. The number of rotatable bonds is 2. The van der Waals surface area contributed by atoms with Gasteiger partial charge in [-0.3, -0.25) is 0 Å². The third kappa shape index (κ3) is 3.02. The lowest BCUT2D eigenvalue weighted by Crippen LogP contribution is -2.31. The van der Waals surface area contributed by atoms with Crippen molar-refractivity contribution in [3.63, 3.8) is 0 Å². The van der Waals surface area contributed by atoms with E-state index in [0.717, 1.165) is 16.7 Å². The summed E-state index contributed by atoms with van der Waals surface area (Å²) in [4.78, 5) is 13.4. The highest BCUT2D eigenvalue weighted by Gasteiger charge is 2.28. The summed E-state index contributed by atoms with van der Waals surface area (Å²) in [5, 5.41) is 20.1. The first-order valence-corrected chi connectivity index (χ1v) is 7.85. The van der Waals surface area contributed by atoms with Gasteiger partial charge in [0.25, 0.3) is 0 Å². The number of likely N-dealkylation sites (N-methyl/N-ethyl adjacent to an activating group) is 1. The predicted octanol–water partition coefficient (Wildman–Crippen LogP) is 3.97. The molecule has 0 spiro atoms. The number of benzene rings is 2. The second-order valence-electron chi connectivity index (χ2n) is 5.79. The first-order valence-electron chi connectivity index (χ1n) is 7.09. The number of hydrogen-bond acceptors (Lipinski definition) is 3. The molecule has 120 valence electrons. The fraction of sp³-hybridized carbons (Fsp3) is 0.235. The van der Waals surface area contributed by atoms with Gasteiger partial charge in [0, 0.05) is 29.1 Å². The van der Waals surface area contributed by atoms with Crippen LogP contribution in [0.2, 0.25) is 10.0 Å². The second kappa shape index (κ2) is 6.04. The maximum Gasteiger partial charge on any atom is 0.339 e. The minimum absolute atomic E-state index is 0.0568. The lowest BCUT2D eigenvalue weighted by Gasteiger charge is -2.33. The van der Waals surface area contributed by atoms with Gasteiger partial charge in [0.1, 0.15) is 11.3 Å². The fourth-order valence-electron chi connectivity index (χ4n) is 3.07. The van der Waals surface area contributed by atoms with Crippen molar-refractivity contribution in [2.75, 3.05) is 13.6 Å². The molecule has 1 heterocycles. The summed E-state index contributed by atoms with van der Waals surface area (Å²) in [5.41, 5.74) is 2.71. The molecule has 0 amide bonds. The molecule has 1 aliphatic rings. The molecule has 3 rings (SSSR count). The standard InChI is InChI=1S/C17H15Cl2NO3/c1-20-7-13(9-2-3-16(21)12(4-9)17(22)23)11-5-10(18)6-15(19)14(11)8-20/h2-6,13,21H,7-8H2,1H3,(H,22,23). The third-order valence-corrected chi connectivity index (χ3v) is 4.70. The SMILES string of the molecule is CN1Cc2c(Cl)cc(Cl)cc2C(c2ccc(O)c(C(=O)O)c2)C1. The normalized spacial score (nSPS) is 17.8. The number of aromatic hydroxyl groups is 1. The van der Waals surface area contributed by atoms with Crippen LogP contribution < -0.4 is 0 Å². The lowest BCUT2D eigenvalue weighted by molar-refractivity contribution is 0.0693. The molecule has 0 bridgehead atoms. The van der Waals surface area contributed by atoms with Crippen molar-refractivity contribution in [3.8, 4) is 5.75 Å². The molecule has 6 heteroatoms. The Morgan fingerprint density at radius 1 is 1.26 bits per heavy atom. The van der Waals surface area contributed by atoms with Crippen LogP contribution in [0.3, 0.4) is 0 Å². The van der Waals surface area contributed by atoms with E-state index in [1.54, 1.807) is 12.1 Å². The summed E-state index contributed by atoms with van der Waals surface area (Å²) in [6.45, 7) is 1.43. The monoisotopic (exact) mass is 351 g/mol. The maximum atomic E-state index is 11.3. The Morgan fingerprint density at radius 3 is 2.70 bits per heavy atom. The summed E-state index contributed by atoms with van der Waals surface area (Å²) < 4.78 is 0. The molecule has 0 saturated carbocycles. The minimum atomic E-state index is -1.15. The van der Waals surface area contributed by atoms with Crippen LogP contribution in [0.15, 0.2) is 30.3 Å². The molecule has 23 heavy (non-hydrogen) atoms. The van der Waals surface area contributed by atoms with Gasteiger partial charge in [-0.25, -0.2) is 4.79 Å². The van der Waals surface area contributed by atoms with Crippen molar-refractivity contribution in [3.05, 3.63) is 62.6 Å².